The topological polar surface area (TPSA) is 105 Å². The molecule has 11 heteroatoms. The summed E-state index contributed by atoms with van der Waals surface area (Å²) in [6.07, 6.45) is 0.308. The van der Waals surface area contributed by atoms with Crippen LogP contribution in [0.5, 0.6) is 5.75 Å². The van der Waals surface area contributed by atoms with Crippen LogP contribution in [0.25, 0.3) is 0 Å². The molecule has 3 aromatic rings. The van der Waals surface area contributed by atoms with Crippen LogP contribution in [0, 0.1) is 28.4 Å². The van der Waals surface area contributed by atoms with E-state index in [0.717, 1.165) is 12.1 Å². The van der Waals surface area contributed by atoms with Crippen molar-refractivity contribution in [3.8, 4) is 11.8 Å². The zero-order valence-corrected chi connectivity index (χ0v) is 24.4. The Balaban J connectivity index is 1.78. The molecule has 0 radical (unpaired) electrons. The minimum Gasteiger partial charge on any atom is -0.506 e. The fourth-order valence-corrected chi connectivity index (χ4v) is 6.80. The summed E-state index contributed by atoms with van der Waals surface area (Å²) in [5.41, 5.74) is -2.34. The van der Waals surface area contributed by atoms with Gasteiger partial charge in [-0.25, -0.2) is 13.6 Å². The molecule has 0 aliphatic carbocycles. The van der Waals surface area contributed by atoms with E-state index in [9.17, 15) is 25.1 Å². The van der Waals surface area contributed by atoms with E-state index in [0.29, 0.717) is 6.42 Å². The number of carboxylic acid groups (broad SMARTS) is 1. The van der Waals surface area contributed by atoms with E-state index < -0.39 is 58.1 Å². The van der Waals surface area contributed by atoms with E-state index in [4.69, 9.17) is 23.2 Å². The number of phenolic OH excluding ortho intramolecular Hbond substituents is 1. The first-order valence-corrected chi connectivity index (χ1v) is 13.9. The summed E-state index contributed by atoms with van der Waals surface area (Å²) < 4.78 is 31.7. The highest BCUT2D eigenvalue weighted by Gasteiger charge is 2.67. The summed E-state index contributed by atoms with van der Waals surface area (Å²) in [6.45, 7) is 5.72. The maximum absolute atomic E-state index is 15.9. The van der Waals surface area contributed by atoms with Gasteiger partial charge in [0.25, 0.3) is 0 Å². The molecule has 1 amide bonds. The first-order valence-electron chi connectivity index (χ1n) is 13.2. The summed E-state index contributed by atoms with van der Waals surface area (Å²) in [5.74, 6) is -5.06. The molecule has 218 valence electrons. The molecule has 2 heterocycles. The van der Waals surface area contributed by atoms with Crippen molar-refractivity contribution >= 4 is 40.8 Å². The zero-order chi connectivity index (χ0) is 30.7. The quantitative estimate of drug-likeness (QED) is 0.331. The molecule has 2 saturated heterocycles. The van der Waals surface area contributed by atoms with Gasteiger partial charge in [-0.05, 0) is 53.8 Å². The second kappa shape index (κ2) is 10.5. The number of amides is 1. The predicted molar refractivity (Wildman–Crippen MR) is 154 cm³/mol. The highest BCUT2D eigenvalue weighted by atomic mass is 35.5. The number of nitriles is 1. The molecule has 0 aromatic heterocycles. The molecule has 2 aliphatic heterocycles. The van der Waals surface area contributed by atoms with Crippen molar-refractivity contribution in [2.24, 2.45) is 5.41 Å². The van der Waals surface area contributed by atoms with Gasteiger partial charge in [0.1, 0.15) is 28.8 Å². The molecule has 5 rings (SSSR count). The van der Waals surface area contributed by atoms with Crippen LogP contribution in [0.3, 0.4) is 0 Å². The Morgan fingerprint density at radius 3 is 2.45 bits per heavy atom. The maximum Gasteiger partial charge on any atom is 0.335 e. The Bertz CT molecular complexity index is 1650. The van der Waals surface area contributed by atoms with Crippen molar-refractivity contribution in [3.63, 3.8) is 0 Å². The second-order valence-corrected chi connectivity index (χ2v) is 12.7. The predicted octanol–water partition coefficient (Wildman–Crippen LogP) is 6.71. The van der Waals surface area contributed by atoms with Crippen LogP contribution in [0.1, 0.15) is 54.6 Å². The fraction of sp³-hybridized carbons (Fsp3) is 0.323. The largest absolute Gasteiger partial charge is 0.506 e. The number of carbonyl (C=O) groups excluding carboxylic acids is 1. The molecule has 0 saturated carbocycles. The van der Waals surface area contributed by atoms with Crippen LogP contribution in [-0.2, 0) is 10.2 Å². The number of aromatic carboxylic acids is 1. The van der Waals surface area contributed by atoms with Gasteiger partial charge in [-0.3, -0.25) is 14.6 Å². The number of hydrogen-bond donors (Lipinski definition) is 2. The van der Waals surface area contributed by atoms with Crippen LogP contribution in [-0.4, -0.2) is 45.7 Å². The molecule has 2 fully saturated rings. The average Bonchev–Trinajstić information content (AvgIpc) is 3.36. The molecule has 3 aromatic carbocycles. The molecular weight excluding hydrogens is 587 g/mol. The summed E-state index contributed by atoms with van der Waals surface area (Å²) >= 11 is 12.3. The van der Waals surface area contributed by atoms with E-state index in [2.05, 4.69) is 6.07 Å². The Morgan fingerprint density at radius 1 is 1.14 bits per heavy atom. The van der Waals surface area contributed by atoms with Gasteiger partial charge in [0.05, 0.1) is 29.0 Å². The van der Waals surface area contributed by atoms with Gasteiger partial charge in [0.2, 0.25) is 5.91 Å². The molecule has 0 bridgehead atoms. The number of carbonyl (C=O) groups is 2. The molecule has 4 atom stereocenters. The van der Waals surface area contributed by atoms with Gasteiger partial charge in [-0.1, -0.05) is 62.2 Å². The van der Waals surface area contributed by atoms with Crippen molar-refractivity contribution in [2.45, 2.75) is 50.6 Å². The zero-order valence-electron chi connectivity index (χ0n) is 22.9. The third-order valence-electron chi connectivity index (χ3n) is 8.11. The number of benzene rings is 3. The fourth-order valence-electron chi connectivity index (χ4n) is 6.46. The lowest BCUT2D eigenvalue weighted by atomic mass is 9.62. The third kappa shape index (κ3) is 4.68. The molecule has 2 N–H and O–H groups in total. The highest BCUT2D eigenvalue weighted by molar-refractivity contribution is 6.31. The van der Waals surface area contributed by atoms with Crippen LogP contribution in [0.4, 0.5) is 14.5 Å². The SMILES string of the molecule is CC(C)(C)C[C@@H]1N2CN(c3ccc(C(=O)O)cc3O)C(=O)[C@H]2[C@H](c2cccc(Cl)c2F)[C@@]1(C#N)c1ccc(Cl)cc1F. The van der Waals surface area contributed by atoms with Crippen molar-refractivity contribution < 1.29 is 28.6 Å². The Morgan fingerprint density at radius 2 is 1.86 bits per heavy atom. The van der Waals surface area contributed by atoms with E-state index >= 15 is 8.78 Å². The van der Waals surface area contributed by atoms with E-state index in [1.54, 1.807) is 4.90 Å². The lowest BCUT2D eigenvalue weighted by Gasteiger charge is -2.40. The third-order valence-corrected chi connectivity index (χ3v) is 8.64. The minimum absolute atomic E-state index is 0.0181. The monoisotopic (exact) mass is 613 g/mol. The van der Waals surface area contributed by atoms with Crippen LogP contribution in [0.15, 0.2) is 54.6 Å². The maximum atomic E-state index is 15.9. The van der Waals surface area contributed by atoms with E-state index in [-0.39, 0.29) is 39.1 Å². The standard InChI is InChI=1S/C31H27Cl2F2N3O4/c1-30(2,3)13-24-31(14-36,19-9-8-17(32)12-21(19)34)25(18-5-4-6-20(33)26(18)35)27-28(40)37(15-38(24)27)22-10-7-16(29(41)42)11-23(22)39/h4-12,24-25,27,39H,13,15H2,1-3H3,(H,41,42)/t24-,25-,27+,31-/m0/s1. The summed E-state index contributed by atoms with van der Waals surface area (Å²) in [4.78, 5) is 28.7. The number of aromatic hydroxyl groups is 1. The summed E-state index contributed by atoms with van der Waals surface area (Å²) in [5, 5.41) is 31.0. The number of nitrogens with zero attached hydrogens (tertiary/aromatic N) is 3. The van der Waals surface area contributed by atoms with Crippen molar-refractivity contribution in [1.82, 2.24) is 4.90 Å². The number of anilines is 1. The first-order chi connectivity index (χ1) is 19.7. The van der Waals surface area contributed by atoms with Crippen molar-refractivity contribution in [3.05, 3.63) is 93.0 Å². The van der Waals surface area contributed by atoms with Gasteiger partial charge in [0, 0.05) is 22.5 Å². The van der Waals surface area contributed by atoms with Gasteiger partial charge in [0.15, 0.2) is 0 Å². The Labute approximate surface area is 251 Å². The summed E-state index contributed by atoms with van der Waals surface area (Å²) in [7, 11) is 0. The number of carboxylic acids is 1. The van der Waals surface area contributed by atoms with Gasteiger partial charge >= 0.3 is 5.97 Å². The highest BCUT2D eigenvalue weighted by Crippen LogP contribution is 2.58. The van der Waals surface area contributed by atoms with Crippen LogP contribution >= 0.6 is 23.2 Å². The van der Waals surface area contributed by atoms with Gasteiger partial charge in [-0.2, -0.15) is 5.26 Å². The van der Waals surface area contributed by atoms with Crippen molar-refractivity contribution in [2.75, 3.05) is 11.6 Å². The number of phenols is 1. The first kappa shape index (κ1) is 29.8. The number of rotatable bonds is 5. The Hall–Kier alpha value is -3.71. The molecule has 0 spiro atoms. The molecule has 0 unspecified atom stereocenters. The van der Waals surface area contributed by atoms with Crippen LogP contribution < -0.4 is 4.90 Å². The molecule has 7 nitrogen and oxygen atoms in total. The van der Waals surface area contributed by atoms with Gasteiger partial charge < -0.3 is 10.2 Å². The van der Waals surface area contributed by atoms with E-state index in [1.165, 1.54) is 47.4 Å². The number of halogens is 4. The normalized spacial score (nSPS) is 24.1. The lowest BCUT2D eigenvalue weighted by molar-refractivity contribution is -0.119. The molecule has 2 aliphatic rings. The van der Waals surface area contributed by atoms with Crippen molar-refractivity contribution in [1.29, 1.82) is 5.26 Å². The molecule has 42 heavy (non-hydrogen) atoms. The van der Waals surface area contributed by atoms with E-state index in [1.807, 2.05) is 20.8 Å². The number of fused-ring (bicyclic) bond motifs is 1. The average molecular weight is 614 g/mol. The summed E-state index contributed by atoms with van der Waals surface area (Å²) in [6, 6.07) is 12.3. The molecular formula is C31H27Cl2F2N3O4. The Kier molecular flexibility index (Phi) is 7.46. The second-order valence-electron chi connectivity index (χ2n) is 11.9. The van der Waals surface area contributed by atoms with Crippen LogP contribution in [0.2, 0.25) is 10.0 Å². The number of hydrogen-bond acceptors (Lipinski definition) is 5. The smallest absolute Gasteiger partial charge is 0.335 e. The lowest BCUT2D eigenvalue weighted by Crippen LogP contribution is -2.48. The minimum atomic E-state index is -1.75. The van der Waals surface area contributed by atoms with Gasteiger partial charge in [-0.15, -0.1) is 0 Å².